The molecule has 0 aliphatic carbocycles. The molecule has 0 aromatic heterocycles. The van der Waals surface area contributed by atoms with Gasteiger partial charge in [0, 0.05) is 23.7 Å². The summed E-state index contributed by atoms with van der Waals surface area (Å²) >= 11 is 12.1. The maximum absolute atomic E-state index is 13.5. The van der Waals surface area contributed by atoms with Gasteiger partial charge in [-0.2, -0.15) is 0 Å². The molecule has 1 heterocycles. The van der Waals surface area contributed by atoms with E-state index in [2.05, 4.69) is 4.99 Å². The lowest BCUT2D eigenvalue weighted by Crippen LogP contribution is -2.37. The number of amidine groups is 1. The number of hydrogen-bond acceptors (Lipinski definition) is 3. The second-order valence-electron chi connectivity index (χ2n) is 4.18. The van der Waals surface area contributed by atoms with Crippen LogP contribution in [0.1, 0.15) is 12.5 Å². The summed E-state index contributed by atoms with van der Waals surface area (Å²) in [6.45, 7) is 3.59. The zero-order chi connectivity index (χ0) is 14.0. The third kappa shape index (κ3) is 2.85. The van der Waals surface area contributed by atoms with Crippen LogP contribution in [0.4, 0.5) is 4.39 Å². The second kappa shape index (κ2) is 5.80. The van der Waals surface area contributed by atoms with Crippen molar-refractivity contribution in [3.05, 3.63) is 45.3 Å². The van der Waals surface area contributed by atoms with Crippen molar-refractivity contribution in [3.63, 3.8) is 0 Å². The van der Waals surface area contributed by atoms with Crippen LogP contribution in [-0.2, 0) is 6.54 Å². The lowest BCUT2D eigenvalue weighted by atomic mass is 10.1. The molecule has 3 nitrogen and oxygen atoms in total. The highest BCUT2D eigenvalue weighted by Gasteiger charge is 2.20. The van der Waals surface area contributed by atoms with E-state index in [0.29, 0.717) is 36.1 Å². The van der Waals surface area contributed by atoms with E-state index < -0.39 is 5.82 Å². The topological polar surface area (TPSA) is 41.6 Å². The minimum absolute atomic E-state index is 0.0593. The van der Waals surface area contributed by atoms with Crippen LogP contribution in [0.25, 0.3) is 0 Å². The maximum atomic E-state index is 13.5. The molecule has 0 saturated carbocycles. The fourth-order valence-corrected chi connectivity index (χ4v) is 2.54. The number of rotatable bonds is 2. The van der Waals surface area contributed by atoms with Crippen molar-refractivity contribution in [3.8, 4) is 0 Å². The Hall–Kier alpha value is -1.26. The molecule has 6 heteroatoms. The molecule has 0 amide bonds. The van der Waals surface area contributed by atoms with E-state index in [1.165, 1.54) is 12.1 Å². The molecular formula is C13H14Cl2FN3. The molecule has 0 radical (unpaired) electrons. The fourth-order valence-electron chi connectivity index (χ4n) is 2.05. The van der Waals surface area contributed by atoms with E-state index in [1.807, 2.05) is 17.9 Å². The summed E-state index contributed by atoms with van der Waals surface area (Å²) < 4.78 is 13.5. The number of halogens is 3. The Kier molecular flexibility index (Phi) is 4.32. The average molecular weight is 302 g/mol. The normalized spacial score (nSPS) is 17.8. The smallest absolute Gasteiger partial charge is 0.142 e. The molecule has 0 atom stereocenters. The van der Waals surface area contributed by atoms with Gasteiger partial charge in [-0.15, -0.1) is 0 Å². The van der Waals surface area contributed by atoms with Gasteiger partial charge in [-0.05, 0) is 19.1 Å². The van der Waals surface area contributed by atoms with E-state index in [1.54, 1.807) is 0 Å². The first-order valence-corrected chi connectivity index (χ1v) is 6.64. The van der Waals surface area contributed by atoms with Gasteiger partial charge in [-0.1, -0.05) is 29.3 Å². The minimum Gasteiger partial charge on any atom is -0.382 e. The third-order valence-electron chi connectivity index (χ3n) is 3.02. The highest BCUT2D eigenvalue weighted by atomic mass is 35.5. The van der Waals surface area contributed by atoms with Crippen molar-refractivity contribution >= 4 is 29.0 Å². The van der Waals surface area contributed by atoms with Crippen molar-refractivity contribution in [1.82, 2.24) is 4.90 Å². The van der Waals surface area contributed by atoms with E-state index in [-0.39, 0.29) is 5.02 Å². The van der Waals surface area contributed by atoms with E-state index in [0.717, 1.165) is 5.70 Å². The fraction of sp³-hybridized carbons (Fsp3) is 0.308. The summed E-state index contributed by atoms with van der Waals surface area (Å²) in [6.07, 6.45) is 1.87. The maximum Gasteiger partial charge on any atom is 0.142 e. The number of nitrogens with two attached hydrogens (primary N) is 1. The van der Waals surface area contributed by atoms with E-state index in [9.17, 15) is 4.39 Å². The Labute approximate surface area is 121 Å². The first kappa shape index (κ1) is 14.2. The largest absolute Gasteiger partial charge is 0.382 e. The highest BCUT2D eigenvalue weighted by molar-refractivity contribution is 6.36. The zero-order valence-corrected chi connectivity index (χ0v) is 12.0. The van der Waals surface area contributed by atoms with Crippen molar-refractivity contribution < 1.29 is 4.39 Å². The summed E-state index contributed by atoms with van der Waals surface area (Å²) in [5, 5.41) is 0.506. The standard InChI is InChI=1S/C13H14Cl2FN3/c1-2-11-13(17)18-5-6-19(11)7-8-9(14)3-4-10(16)12(8)15/h2-4H,5-7H2,1H3,(H2,17,18)/b11-2+. The average Bonchev–Trinajstić information content (AvgIpc) is 2.39. The Morgan fingerprint density at radius 3 is 2.89 bits per heavy atom. The van der Waals surface area contributed by atoms with Crippen molar-refractivity contribution in [1.29, 1.82) is 0 Å². The number of allylic oxidation sites excluding steroid dienone is 1. The van der Waals surface area contributed by atoms with Crippen LogP contribution in [-0.4, -0.2) is 23.8 Å². The SMILES string of the molecule is C/C=C1\C(N)=NCCN1Cc1c(Cl)ccc(F)c1Cl. The second-order valence-corrected chi connectivity index (χ2v) is 4.97. The molecule has 0 unspecified atom stereocenters. The van der Waals surface area contributed by atoms with Crippen LogP contribution in [0.15, 0.2) is 28.9 Å². The number of nitrogens with zero attached hydrogens (tertiary/aromatic N) is 2. The van der Waals surface area contributed by atoms with Gasteiger partial charge in [-0.25, -0.2) is 4.39 Å². The molecule has 19 heavy (non-hydrogen) atoms. The van der Waals surface area contributed by atoms with Crippen LogP contribution in [0, 0.1) is 5.82 Å². The predicted molar refractivity (Wildman–Crippen MR) is 77.1 cm³/mol. The Balaban J connectivity index is 2.32. The molecule has 0 saturated heterocycles. The molecular weight excluding hydrogens is 288 g/mol. The zero-order valence-electron chi connectivity index (χ0n) is 10.5. The monoisotopic (exact) mass is 301 g/mol. The molecule has 0 bridgehead atoms. The molecule has 2 N–H and O–H groups in total. The Bertz CT molecular complexity index is 555. The van der Waals surface area contributed by atoms with E-state index >= 15 is 0 Å². The summed E-state index contributed by atoms with van der Waals surface area (Å²) in [6, 6.07) is 2.77. The van der Waals surface area contributed by atoms with Crippen LogP contribution in [0.5, 0.6) is 0 Å². The summed E-state index contributed by atoms with van der Waals surface area (Å²) in [4.78, 5) is 6.18. The lowest BCUT2D eigenvalue weighted by Gasteiger charge is -2.30. The van der Waals surface area contributed by atoms with Crippen LogP contribution in [0.2, 0.25) is 10.0 Å². The van der Waals surface area contributed by atoms with Crippen molar-refractivity contribution in [2.45, 2.75) is 13.5 Å². The molecule has 1 aromatic carbocycles. The molecule has 102 valence electrons. The first-order chi connectivity index (χ1) is 9.04. The molecule has 1 aliphatic heterocycles. The number of benzene rings is 1. The molecule has 1 aromatic rings. The van der Waals surface area contributed by atoms with Gasteiger partial charge in [0.1, 0.15) is 11.7 Å². The van der Waals surface area contributed by atoms with Gasteiger partial charge in [-0.3, -0.25) is 4.99 Å². The first-order valence-electron chi connectivity index (χ1n) is 5.88. The Morgan fingerprint density at radius 2 is 2.21 bits per heavy atom. The highest BCUT2D eigenvalue weighted by Crippen LogP contribution is 2.29. The van der Waals surface area contributed by atoms with Crippen molar-refractivity contribution in [2.24, 2.45) is 10.7 Å². The van der Waals surface area contributed by atoms with Crippen molar-refractivity contribution in [2.75, 3.05) is 13.1 Å². The minimum atomic E-state index is -0.471. The number of hydrogen-bond donors (Lipinski definition) is 1. The summed E-state index contributed by atoms with van der Waals surface area (Å²) in [7, 11) is 0. The quantitative estimate of drug-likeness (QED) is 0.852. The van der Waals surface area contributed by atoms with Crippen LogP contribution < -0.4 is 5.73 Å². The summed E-state index contributed by atoms with van der Waals surface area (Å²) in [5.74, 6) is 0.0131. The summed E-state index contributed by atoms with van der Waals surface area (Å²) in [5.41, 5.74) is 7.23. The van der Waals surface area contributed by atoms with Gasteiger partial charge in [0.25, 0.3) is 0 Å². The lowest BCUT2D eigenvalue weighted by molar-refractivity contribution is 0.351. The van der Waals surface area contributed by atoms with Crippen LogP contribution in [0.3, 0.4) is 0 Å². The molecule has 2 rings (SSSR count). The van der Waals surface area contributed by atoms with Gasteiger partial charge in [0.2, 0.25) is 0 Å². The van der Waals surface area contributed by atoms with Gasteiger partial charge in [0.15, 0.2) is 0 Å². The van der Waals surface area contributed by atoms with E-state index in [4.69, 9.17) is 28.9 Å². The molecule has 0 fully saturated rings. The number of aliphatic imine (C=N–C) groups is 1. The molecule has 1 aliphatic rings. The van der Waals surface area contributed by atoms with Crippen LogP contribution >= 0.6 is 23.2 Å². The molecule has 0 spiro atoms. The van der Waals surface area contributed by atoms with Gasteiger partial charge >= 0.3 is 0 Å². The van der Waals surface area contributed by atoms with Gasteiger partial charge in [0.05, 0.1) is 17.3 Å². The van der Waals surface area contributed by atoms with Gasteiger partial charge < -0.3 is 10.6 Å². The predicted octanol–water partition coefficient (Wildman–Crippen LogP) is 3.21. The third-order valence-corrected chi connectivity index (χ3v) is 3.78. The Morgan fingerprint density at radius 1 is 1.47 bits per heavy atom.